The molecule has 0 aromatic heterocycles. The number of fused-ring (bicyclic) bond motifs is 1. The van der Waals surface area contributed by atoms with E-state index in [1.165, 1.54) is 12.0 Å². The van der Waals surface area contributed by atoms with Gasteiger partial charge in [0.15, 0.2) is 0 Å². The summed E-state index contributed by atoms with van der Waals surface area (Å²) in [6, 6.07) is 3.78. The van der Waals surface area contributed by atoms with Crippen molar-refractivity contribution in [2.24, 2.45) is 11.3 Å². The fourth-order valence-electron chi connectivity index (χ4n) is 3.94. The molecule has 0 radical (unpaired) electrons. The molecule has 92 valence electrons. The molecule has 2 atom stereocenters. The molecule has 2 bridgehead atoms. The van der Waals surface area contributed by atoms with E-state index in [1.54, 1.807) is 6.07 Å². The summed E-state index contributed by atoms with van der Waals surface area (Å²) < 4.78 is 4.72. The highest BCUT2D eigenvalue weighted by molar-refractivity contribution is 6.15. The minimum atomic E-state index is -0.490. The summed E-state index contributed by atoms with van der Waals surface area (Å²) in [6.45, 7) is 4.59. The number of cyclic esters (lactones) is 2. The highest BCUT2D eigenvalue weighted by Gasteiger charge is 2.54. The number of rotatable bonds is 0. The number of ether oxygens (including phenoxy) is 1. The lowest BCUT2D eigenvalue weighted by Gasteiger charge is -2.57. The number of carbonyl (C=O) groups is 2. The second-order valence-electron chi connectivity index (χ2n) is 6.24. The van der Waals surface area contributed by atoms with Crippen LogP contribution in [0, 0.1) is 11.3 Å². The van der Waals surface area contributed by atoms with Crippen LogP contribution < -0.4 is 0 Å². The Labute approximate surface area is 105 Å². The molecule has 0 spiro atoms. The van der Waals surface area contributed by atoms with Crippen LogP contribution in [0.15, 0.2) is 12.1 Å². The van der Waals surface area contributed by atoms with E-state index >= 15 is 0 Å². The van der Waals surface area contributed by atoms with Crippen molar-refractivity contribution in [1.29, 1.82) is 0 Å². The molecule has 0 N–H and O–H groups in total. The summed E-state index contributed by atoms with van der Waals surface area (Å²) in [6.07, 6.45) is 2.12. The molecule has 0 unspecified atom stereocenters. The molecule has 3 nitrogen and oxygen atoms in total. The normalized spacial score (nSPS) is 30.3. The molecule has 1 aromatic rings. The van der Waals surface area contributed by atoms with Crippen molar-refractivity contribution in [2.75, 3.05) is 0 Å². The van der Waals surface area contributed by atoms with E-state index in [1.807, 2.05) is 6.07 Å². The van der Waals surface area contributed by atoms with Gasteiger partial charge in [-0.15, -0.1) is 0 Å². The average molecular weight is 242 g/mol. The van der Waals surface area contributed by atoms with Crippen molar-refractivity contribution < 1.29 is 14.3 Å². The Morgan fingerprint density at radius 1 is 1.22 bits per heavy atom. The predicted molar refractivity (Wildman–Crippen MR) is 64.5 cm³/mol. The van der Waals surface area contributed by atoms with E-state index in [9.17, 15) is 9.59 Å². The minimum absolute atomic E-state index is 0.327. The van der Waals surface area contributed by atoms with Crippen LogP contribution in [0.4, 0.5) is 0 Å². The second kappa shape index (κ2) is 2.85. The Morgan fingerprint density at radius 3 is 2.72 bits per heavy atom. The van der Waals surface area contributed by atoms with E-state index in [2.05, 4.69) is 13.8 Å². The Morgan fingerprint density at radius 2 is 2.00 bits per heavy atom. The fraction of sp³-hybridized carbons (Fsp3) is 0.467. The third-order valence-electron chi connectivity index (χ3n) is 5.26. The smallest absolute Gasteiger partial charge is 0.347 e. The van der Waals surface area contributed by atoms with Crippen molar-refractivity contribution in [1.82, 2.24) is 0 Å². The van der Waals surface area contributed by atoms with Crippen LogP contribution in [0.2, 0.25) is 0 Å². The SMILES string of the molecule is CC1(C)[C@@H]2Cc3c(ccc4c3C(=O)OC4=O)[C@H]1C2. The van der Waals surface area contributed by atoms with Crippen molar-refractivity contribution >= 4 is 11.9 Å². The molecule has 1 fully saturated rings. The largest absolute Gasteiger partial charge is 0.386 e. The van der Waals surface area contributed by atoms with E-state index < -0.39 is 11.9 Å². The molecule has 5 rings (SSSR count). The molecule has 18 heavy (non-hydrogen) atoms. The summed E-state index contributed by atoms with van der Waals surface area (Å²) in [5.41, 5.74) is 3.66. The molecule has 4 aliphatic rings. The predicted octanol–water partition coefficient (Wildman–Crippen LogP) is 2.68. The third kappa shape index (κ3) is 0.972. The van der Waals surface area contributed by atoms with Crippen LogP contribution in [0.1, 0.15) is 58.0 Å². The van der Waals surface area contributed by atoms with Gasteiger partial charge in [-0.25, -0.2) is 9.59 Å². The van der Waals surface area contributed by atoms with Gasteiger partial charge in [-0.2, -0.15) is 0 Å². The van der Waals surface area contributed by atoms with Crippen LogP contribution >= 0.6 is 0 Å². The summed E-state index contributed by atoms with van der Waals surface area (Å²) >= 11 is 0. The molecular weight excluding hydrogens is 228 g/mol. The first-order chi connectivity index (χ1) is 8.50. The number of carbonyl (C=O) groups excluding carboxylic acids is 2. The van der Waals surface area contributed by atoms with E-state index in [0.29, 0.717) is 28.4 Å². The van der Waals surface area contributed by atoms with Crippen LogP contribution in [0.25, 0.3) is 0 Å². The zero-order valence-corrected chi connectivity index (χ0v) is 10.4. The average Bonchev–Trinajstić information content (AvgIpc) is 2.64. The number of esters is 2. The lowest BCUT2D eigenvalue weighted by Crippen LogP contribution is -2.48. The first kappa shape index (κ1) is 10.3. The van der Waals surface area contributed by atoms with Gasteiger partial charge >= 0.3 is 11.9 Å². The summed E-state index contributed by atoms with van der Waals surface area (Å²) in [5, 5.41) is 0. The number of hydrogen-bond acceptors (Lipinski definition) is 3. The Hall–Kier alpha value is -1.64. The maximum absolute atomic E-state index is 11.8. The van der Waals surface area contributed by atoms with Gasteiger partial charge in [-0.05, 0) is 47.3 Å². The summed E-state index contributed by atoms with van der Waals surface area (Å²) in [5.74, 6) is 0.215. The lowest BCUT2D eigenvalue weighted by atomic mass is 9.47. The maximum Gasteiger partial charge on any atom is 0.347 e. The third-order valence-corrected chi connectivity index (χ3v) is 5.26. The van der Waals surface area contributed by atoms with Crippen molar-refractivity contribution in [3.63, 3.8) is 0 Å². The van der Waals surface area contributed by atoms with Gasteiger partial charge in [0.25, 0.3) is 0 Å². The van der Waals surface area contributed by atoms with Gasteiger partial charge in [-0.1, -0.05) is 19.9 Å². The minimum Gasteiger partial charge on any atom is -0.386 e. The van der Waals surface area contributed by atoms with Gasteiger partial charge < -0.3 is 4.74 Å². The standard InChI is InChI=1S/C15H14O3/c1-15(2)7-5-10-8(11(15)6-7)3-4-9-12(10)14(17)18-13(9)16/h3-4,7,11H,5-6H2,1-2H3/t7-,11-/m1/s1. The topological polar surface area (TPSA) is 43.4 Å². The molecule has 3 aliphatic carbocycles. The zero-order valence-electron chi connectivity index (χ0n) is 10.4. The molecular formula is C15H14O3. The first-order valence-electron chi connectivity index (χ1n) is 6.42. The van der Waals surface area contributed by atoms with Gasteiger partial charge in [0, 0.05) is 0 Å². The molecule has 1 heterocycles. The zero-order chi connectivity index (χ0) is 12.7. The number of hydrogen-bond donors (Lipinski definition) is 0. The maximum atomic E-state index is 11.8. The van der Waals surface area contributed by atoms with Gasteiger partial charge in [0.05, 0.1) is 11.1 Å². The van der Waals surface area contributed by atoms with Gasteiger partial charge in [0.2, 0.25) is 0 Å². The van der Waals surface area contributed by atoms with Crippen LogP contribution in [-0.2, 0) is 11.2 Å². The quantitative estimate of drug-likeness (QED) is 0.519. The lowest BCUT2D eigenvalue weighted by molar-refractivity contribution is 0.0179. The highest BCUT2D eigenvalue weighted by atomic mass is 16.6. The highest BCUT2D eigenvalue weighted by Crippen LogP contribution is 2.62. The van der Waals surface area contributed by atoms with E-state index in [0.717, 1.165) is 12.0 Å². The van der Waals surface area contributed by atoms with E-state index in [-0.39, 0.29) is 0 Å². The molecule has 1 saturated carbocycles. The molecule has 0 amide bonds. The first-order valence-corrected chi connectivity index (χ1v) is 6.42. The van der Waals surface area contributed by atoms with Crippen molar-refractivity contribution in [2.45, 2.75) is 32.6 Å². The number of benzene rings is 1. The van der Waals surface area contributed by atoms with Crippen LogP contribution in [0.5, 0.6) is 0 Å². The molecule has 1 aromatic carbocycles. The van der Waals surface area contributed by atoms with Crippen molar-refractivity contribution in [3.8, 4) is 0 Å². The molecule has 1 aliphatic heterocycles. The van der Waals surface area contributed by atoms with Crippen LogP contribution in [-0.4, -0.2) is 11.9 Å². The van der Waals surface area contributed by atoms with Gasteiger partial charge in [0.1, 0.15) is 0 Å². The Kier molecular flexibility index (Phi) is 1.63. The molecule has 3 heteroatoms. The van der Waals surface area contributed by atoms with E-state index in [4.69, 9.17) is 4.74 Å². The second-order valence-corrected chi connectivity index (χ2v) is 6.24. The Balaban J connectivity index is 1.96. The fourth-order valence-corrected chi connectivity index (χ4v) is 3.94. The van der Waals surface area contributed by atoms with Crippen molar-refractivity contribution in [3.05, 3.63) is 34.4 Å². The summed E-state index contributed by atoms with van der Waals surface area (Å²) in [7, 11) is 0. The summed E-state index contributed by atoms with van der Waals surface area (Å²) in [4.78, 5) is 23.3. The van der Waals surface area contributed by atoms with Crippen LogP contribution in [0.3, 0.4) is 0 Å². The van der Waals surface area contributed by atoms with Gasteiger partial charge in [-0.3, -0.25) is 0 Å². The molecule has 0 saturated heterocycles. The Bertz CT molecular complexity index is 612. The monoisotopic (exact) mass is 242 g/mol.